The molecule has 146 valence electrons. The zero-order valence-electron chi connectivity index (χ0n) is 14.0. The molecule has 1 saturated heterocycles. The van der Waals surface area contributed by atoms with Gasteiger partial charge in [0, 0.05) is 33.2 Å². The third-order valence-corrected chi connectivity index (χ3v) is 5.90. The Morgan fingerprint density at radius 2 is 1.65 bits per heavy atom. The number of hydrogen-bond acceptors (Lipinski definition) is 4. The Balaban J connectivity index is 1.90. The fourth-order valence-corrected chi connectivity index (χ4v) is 3.97. The number of carbonyl (C=O) groups excluding carboxylic acids is 1. The highest BCUT2D eigenvalue weighted by Crippen LogP contribution is 2.19. The zero-order chi connectivity index (χ0) is 19.5. The van der Waals surface area contributed by atoms with Crippen LogP contribution in [0.25, 0.3) is 0 Å². The molecule has 0 bridgehead atoms. The van der Waals surface area contributed by atoms with Crippen molar-refractivity contribution in [2.24, 2.45) is 0 Å². The number of benzene rings is 1. The summed E-state index contributed by atoms with van der Waals surface area (Å²) in [6, 6.07) is 4.45. The van der Waals surface area contributed by atoms with E-state index in [1.165, 1.54) is 16.4 Å². The van der Waals surface area contributed by atoms with Gasteiger partial charge in [-0.15, -0.1) is 0 Å². The molecule has 0 spiro atoms. The second-order valence-electron chi connectivity index (χ2n) is 6.00. The second-order valence-corrected chi connectivity index (χ2v) is 7.94. The van der Waals surface area contributed by atoms with E-state index in [9.17, 15) is 30.8 Å². The van der Waals surface area contributed by atoms with Crippen LogP contribution in [0.4, 0.5) is 17.6 Å². The Morgan fingerprint density at radius 1 is 1.12 bits per heavy atom. The lowest BCUT2D eigenvalue weighted by Crippen LogP contribution is -2.51. The molecule has 1 amide bonds. The molecular formula is C15H19F4N3O3S. The van der Waals surface area contributed by atoms with Gasteiger partial charge in [-0.05, 0) is 24.3 Å². The van der Waals surface area contributed by atoms with E-state index in [4.69, 9.17) is 0 Å². The average Bonchev–Trinajstić information content (AvgIpc) is 2.54. The minimum absolute atomic E-state index is 0.0339. The predicted octanol–water partition coefficient (Wildman–Crippen LogP) is 1.15. The van der Waals surface area contributed by atoms with Crippen molar-refractivity contribution in [3.63, 3.8) is 0 Å². The number of amides is 1. The first kappa shape index (κ1) is 20.6. The summed E-state index contributed by atoms with van der Waals surface area (Å²) in [4.78, 5) is 14.0. The van der Waals surface area contributed by atoms with Crippen LogP contribution in [-0.4, -0.2) is 80.9 Å². The smallest absolute Gasteiger partial charge is 0.336 e. The zero-order valence-corrected chi connectivity index (χ0v) is 14.9. The minimum Gasteiger partial charge on any atom is -0.336 e. The maximum atomic E-state index is 12.9. The summed E-state index contributed by atoms with van der Waals surface area (Å²) in [7, 11) is -2.70. The Kier molecular flexibility index (Phi) is 6.25. The first-order chi connectivity index (χ1) is 12.0. The van der Waals surface area contributed by atoms with Gasteiger partial charge < -0.3 is 4.90 Å². The second kappa shape index (κ2) is 7.89. The Hall–Kier alpha value is -1.72. The molecule has 2 rings (SSSR count). The summed E-state index contributed by atoms with van der Waals surface area (Å²) < 4.78 is 76.0. The van der Waals surface area contributed by atoms with Gasteiger partial charge >= 0.3 is 6.18 Å². The van der Waals surface area contributed by atoms with Crippen molar-refractivity contribution in [2.75, 3.05) is 46.3 Å². The topological polar surface area (TPSA) is 60.9 Å². The quantitative estimate of drug-likeness (QED) is 0.700. The molecule has 0 N–H and O–H groups in total. The van der Waals surface area contributed by atoms with Gasteiger partial charge in [-0.1, -0.05) is 0 Å². The largest absolute Gasteiger partial charge is 0.406 e. The third kappa shape index (κ3) is 5.39. The molecule has 26 heavy (non-hydrogen) atoms. The molecule has 0 aliphatic carbocycles. The van der Waals surface area contributed by atoms with Gasteiger partial charge in [-0.3, -0.25) is 9.69 Å². The van der Waals surface area contributed by atoms with Crippen LogP contribution >= 0.6 is 0 Å². The number of nitrogens with zero attached hydrogens (tertiary/aromatic N) is 3. The molecule has 1 heterocycles. The van der Waals surface area contributed by atoms with Gasteiger partial charge in [0.15, 0.2) is 0 Å². The lowest BCUT2D eigenvalue weighted by atomic mass is 10.3. The van der Waals surface area contributed by atoms with Crippen LogP contribution in [0.15, 0.2) is 29.2 Å². The number of rotatable bonds is 5. The Labute approximate surface area is 149 Å². The fraction of sp³-hybridized carbons (Fsp3) is 0.533. The van der Waals surface area contributed by atoms with Crippen molar-refractivity contribution in [1.29, 1.82) is 0 Å². The van der Waals surface area contributed by atoms with E-state index >= 15 is 0 Å². The van der Waals surface area contributed by atoms with Crippen molar-refractivity contribution in [3.8, 4) is 0 Å². The number of alkyl halides is 3. The van der Waals surface area contributed by atoms with Crippen LogP contribution in [0.1, 0.15) is 0 Å². The molecule has 11 heteroatoms. The molecule has 0 aromatic heterocycles. The summed E-state index contributed by atoms with van der Waals surface area (Å²) in [6.45, 7) is -0.925. The Bertz CT molecular complexity index is 729. The highest BCUT2D eigenvalue weighted by atomic mass is 32.2. The molecule has 0 unspecified atom stereocenters. The van der Waals surface area contributed by atoms with E-state index in [0.29, 0.717) is 4.90 Å². The maximum Gasteiger partial charge on any atom is 0.406 e. The highest BCUT2D eigenvalue weighted by Gasteiger charge is 2.33. The molecule has 1 aliphatic rings. The lowest BCUT2D eigenvalue weighted by Gasteiger charge is -2.34. The molecule has 1 aromatic carbocycles. The average molecular weight is 397 g/mol. The van der Waals surface area contributed by atoms with Gasteiger partial charge in [0.1, 0.15) is 12.4 Å². The number of likely N-dealkylation sites (N-methyl/N-ethyl adjacent to an activating group) is 1. The van der Waals surface area contributed by atoms with Crippen LogP contribution in [0, 0.1) is 5.82 Å². The fourth-order valence-electron chi connectivity index (χ4n) is 2.55. The first-order valence-corrected chi connectivity index (χ1v) is 9.22. The molecule has 1 fully saturated rings. The third-order valence-electron chi connectivity index (χ3n) is 3.98. The summed E-state index contributed by atoms with van der Waals surface area (Å²) in [5, 5.41) is 0. The lowest BCUT2D eigenvalue weighted by molar-refractivity contribution is -0.159. The van der Waals surface area contributed by atoms with Gasteiger partial charge in [0.2, 0.25) is 15.9 Å². The normalized spacial score (nSPS) is 17.3. The summed E-state index contributed by atoms with van der Waals surface area (Å²) in [5.74, 6) is -1.23. The first-order valence-electron chi connectivity index (χ1n) is 7.78. The molecule has 0 radical (unpaired) electrons. The van der Waals surface area contributed by atoms with E-state index in [-0.39, 0.29) is 37.6 Å². The molecule has 1 aliphatic heterocycles. The van der Waals surface area contributed by atoms with Crippen LogP contribution in [0.2, 0.25) is 0 Å². The summed E-state index contributed by atoms with van der Waals surface area (Å²) in [5.41, 5.74) is 0. The number of hydrogen-bond donors (Lipinski definition) is 0. The van der Waals surface area contributed by atoms with Crippen molar-refractivity contribution < 1.29 is 30.8 Å². The molecule has 6 nitrogen and oxygen atoms in total. The van der Waals surface area contributed by atoms with E-state index in [0.717, 1.165) is 19.2 Å². The monoisotopic (exact) mass is 397 g/mol. The standard InChI is InChI=1S/C15H19F4N3O3S/c1-20(11-15(17,18)19)14(23)10-21-6-8-22(9-7-21)26(24,25)13-4-2-12(16)3-5-13/h2-5H,6-11H2,1H3. The summed E-state index contributed by atoms with van der Waals surface area (Å²) >= 11 is 0. The van der Waals surface area contributed by atoms with Crippen LogP contribution in [0.3, 0.4) is 0 Å². The summed E-state index contributed by atoms with van der Waals surface area (Å²) in [6.07, 6.45) is -4.47. The SMILES string of the molecule is CN(CC(F)(F)F)C(=O)CN1CCN(S(=O)(=O)c2ccc(F)cc2)CC1. The van der Waals surface area contributed by atoms with Crippen molar-refractivity contribution in [1.82, 2.24) is 14.1 Å². The van der Waals surface area contributed by atoms with E-state index in [1.807, 2.05) is 0 Å². The number of piperazine rings is 1. The van der Waals surface area contributed by atoms with Gasteiger partial charge in [-0.2, -0.15) is 17.5 Å². The van der Waals surface area contributed by atoms with Gasteiger partial charge in [-0.25, -0.2) is 12.8 Å². The van der Waals surface area contributed by atoms with Crippen molar-refractivity contribution in [2.45, 2.75) is 11.1 Å². The molecule has 1 aromatic rings. The van der Waals surface area contributed by atoms with Gasteiger partial charge in [0.05, 0.1) is 11.4 Å². The molecular weight excluding hydrogens is 378 g/mol. The van der Waals surface area contributed by atoms with Crippen molar-refractivity contribution in [3.05, 3.63) is 30.1 Å². The van der Waals surface area contributed by atoms with Crippen LogP contribution in [-0.2, 0) is 14.8 Å². The van der Waals surface area contributed by atoms with Gasteiger partial charge in [0.25, 0.3) is 0 Å². The predicted molar refractivity (Wildman–Crippen MR) is 85.3 cm³/mol. The number of halogens is 4. The van der Waals surface area contributed by atoms with Crippen LogP contribution < -0.4 is 0 Å². The minimum atomic E-state index is -4.47. The van der Waals surface area contributed by atoms with Crippen LogP contribution in [0.5, 0.6) is 0 Å². The van der Waals surface area contributed by atoms with E-state index in [2.05, 4.69) is 0 Å². The molecule has 0 saturated carbocycles. The van der Waals surface area contributed by atoms with E-state index < -0.39 is 34.5 Å². The maximum absolute atomic E-state index is 12.9. The molecule has 0 atom stereocenters. The number of sulfonamides is 1. The van der Waals surface area contributed by atoms with Crippen molar-refractivity contribution >= 4 is 15.9 Å². The van der Waals surface area contributed by atoms with E-state index in [1.54, 1.807) is 4.90 Å². The Morgan fingerprint density at radius 3 is 2.15 bits per heavy atom. The highest BCUT2D eigenvalue weighted by molar-refractivity contribution is 7.89. The number of carbonyl (C=O) groups is 1.